The van der Waals surface area contributed by atoms with E-state index in [1.54, 1.807) is 6.92 Å². The molecule has 0 amide bonds. The van der Waals surface area contributed by atoms with Crippen molar-refractivity contribution in [3.05, 3.63) is 0 Å². The largest absolute Gasteiger partial charge is 0.459 e. The lowest BCUT2D eigenvalue weighted by molar-refractivity contribution is -0.344. The second-order valence-corrected chi connectivity index (χ2v) is 5.14. The van der Waals surface area contributed by atoms with E-state index in [0.29, 0.717) is 6.42 Å². The van der Waals surface area contributed by atoms with E-state index in [2.05, 4.69) is 16.6 Å². The highest BCUT2D eigenvalue weighted by atomic mass is 19.4. The van der Waals surface area contributed by atoms with Crippen LogP contribution >= 0.6 is 0 Å². The third-order valence-electron chi connectivity index (χ3n) is 3.05. The molecule has 0 aromatic heterocycles. The van der Waals surface area contributed by atoms with Crippen molar-refractivity contribution >= 4 is 11.9 Å². The highest BCUT2D eigenvalue weighted by Crippen LogP contribution is 2.48. The van der Waals surface area contributed by atoms with Gasteiger partial charge in [0.05, 0.1) is 12.8 Å². The molecule has 0 aromatic carbocycles. The van der Waals surface area contributed by atoms with Gasteiger partial charge >= 0.3 is 36.1 Å². The number of carbonyl (C=O) groups is 2. The molecule has 4 nitrogen and oxygen atoms in total. The van der Waals surface area contributed by atoms with E-state index >= 15 is 0 Å². The Morgan fingerprint density at radius 1 is 1.00 bits per heavy atom. The van der Waals surface area contributed by atoms with Gasteiger partial charge in [0.15, 0.2) is 12.7 Å². The zero-order chi connectivity index (χ0) is 21.5. The summed E-state index contributed by atoms with van der Waals surface area (Å²) in [7, 11) is 0. The maximum atomic E-state index is 13.2. The van der Waals surface area contributed by atoms with Crippen molar-refractivity contribution in [2.75, 3.05) is 6.61 Å². The molecule has 0 aliphatic rings. The minimum Gasteiger partial charge on any atom is -0.459 e. The smallest absolute Gasteiger partial charge is 0.381 e. The van der Waals surface area contributed by atoms with Crippen LogP contribution in [0.25, 0.3) is 0 Å². The van der Waals surface area contributed by atoms with Crippen molar-refractivity contribution < 1.29 is 54.2 Å². The molecule has 1 unspecified atom stereocenters. The van der Waals surface area contributed by atoms with Crippen LogP contribution in [0.2, 0.25) is 0 Å². The molecule has 0 spiro atoms. The predicted molar refractivity (Wildman–Crippen MR) is 74.7 cm³/mol. The highest BCUT2D eigenvalue weighted by molar-refractivity contribution is 5.77. The third kappa shape index (κ3) is 6.55. The van der Waals surface area contributed by atoms with Crippen LogP contribution in [0.5, 0.6) is 0 Å². The molecule has 27 heavy (non-hydrogen) atoms. The van der Waals surface area contributed by atoms with Crippen LogP contribution in [0, 0.1) is 11.8 Å². The van der Waals surface area contributed by atoms with E-state index in [-0.39, 0.29) is 0 Å². The summed E-state index contributed by atoms with van der Waals surface area (Å²) in [5.74, 6) is -16.2. The topological polar surface area (TPSA) is 52.6 Å². The fraction of sp³-hybridized carbons (Fsp3) is 0.733. The zero-order valence-electron chi connectivity index (χ0n) is 14.1. The average Bonchev–Trinajstić information content (AvgIpc) is 2.57. The molecule has 0 fully saturated rings. The lowest BCUT2D eigenvalue weighted by atomic mass is 10.1. The van der Waals surface area contributed by atoms with Crippen LogP contribution < -0.4 is 0 Å². The Kier molecular flexibility index (Phi) is 9.01. The van der Waals surface area contributed by atoms with Crippen molar-refractivity contribution in [2.24, 2.45) is 0 Å². The molecule has 12 heteroatoms. The number of alkyl halides is 8. The molecule has 0 heterocycles. The summed E-state index contributed by atoms with van der Waals surface area (Å²) in [6.45, 7) is 0.532. The third-order valence-corrected chi connectivity index (χ3v) is 3.05. The van der Waals surface area contributed by atoms with Gasteiger partial charge in [0.1, 0.15) is 0 Å². The van der Waals surface area contributed by atoms with Crippen LogP contribution in [0.15, 0.2) is 0 Å². The maximum absolute atomic E-state index is 13.2. The Morgan fingerprint density at radius 3 is 1.96 bits per heavy atom. The van der Waals surface area contributed by atoms with Gasteiger partial charge in [-0.1, -0.05) is 12.8 Å². The molecule has 0 saturated heterocycles. The van der Waals surface area contributed by atoms with Gasteiger partial charge in [0, 0.05) is 0 Å². The van der Waals surface area contributed by atoms with Gasteiger partial charge < -0.3 is 9.47 Å². The molecule has 0 aromatic rings. The quantitative estimate of drug-likeness (QED) is 0.311. The number of hydrogen-bond acceptors (Lipinski definition) is 4. The predicted octanol–water partition coefficient (Wildman–Crippen LogP) is 3.83. The van der Waals surface area contributed by atoms with E-state index in [1.165, 1.54) is 6.92 Å². The number of carbonyl (C=O) groups excluding carboxylic acids is 2. The van der Waals surface area contributed by atoms with Crippen molar-refractivity contribution in [3.63, 3.8) is 0 Å². The van der Waals surface area contributed by atoms with E-state index in [9.17, 15) is 44.7 Å². The lowest BCUT2D eigenvalue weighted by Gasteiger charge is -2.31. The van der Waals surface area contributed by atoms with E-state index < -0.39 is 61.7 Å². The average molecular weight is 412 g/mol. The molecule has 0 radical (unpaired) electrons. The summed E-state index contributed by atoms with van der Waals surface area (Å²) in [6.07, 6.45) is -7.10. The first-order valence-corrected chi connectivity index (χ1v) is 7.41. The molecular weight excluding hydrogens is 396 g/mol. The second-order valence-electron chi connectivity index (χ2n) is 5.14. The molecule has 0 rings (SSSR count). The minimum atomic E-state index is -6.47. The first-order valence-electron chi connectivity index (χ1n) is 7.41. The Hall–Kier alpha value is -2.06. The summed E-state index contributed by atoms with van der Waals surface area (Å²) >= 11 is 0. The van der Waals surface area contributed by atoms with Gasteiger partial charge in [-0.2, -0.15) is 26.3 Å². The molecule has 0 aliphatic carbocycles. The van der Waals surface area contributed by atoms with Crippen molar-refractivity contribution in [1.82, 2.24) is 0 Å². The summed E-state index contributed by atoms with van der Waals surface area (Å²) in [5.41, 5.74) is 0. The molecule has 156 valence electrons. The number of esters is 2. The van der Waals surface area contributed by atoms with E-state index in [1.807, 2.05) is 0 Å². The SMILES string of the molecule is CC#CC(CC)OC(=O)CCC(=O)OCC(F)(F)C(F)(F)C(F)(F)C(F)F. The normalized spacial score (nSPS) is 13.6. The summed E-state index contributed by atoms with van der Waals surface area (Å²) in [5, 5.41) is 0. The molecular formula is C15H16F8O4. The monoisotopic (exact) mass is 412 g/mol. The van der Waals surface area contributed by atoms with Crippen LogP contribution in [0.4, 0.5) is 35.1 Å². The first kappa shape index (κ1) is 24.9. The highest BCUT2D eigenvalue weighted by Gasteiger charge is 2.75. The standard InChI is InChI=1S/C15H16F8O4/c1-3-5-9(4-2)27-11(25)7-6-10(24)26-8-13(18,19)15(22,23)14(20,21)12(16)17/h9,12H,4,6-8H2,1-2H3. The number of hydrogen-bond donors (Lipinski definition) is 0. The van der Waals surface area contributed by atoms with Crippen molar-refractivity contribution in [2.45, 2.75) is 63.4 Å². The zero-order valence-corrected chi connectivity index (χ0v) is 14.1. The Balaban J connectivity index is 4.68. The van der Waals surface area contributed by atoms with Gasteiger partial charge in [-0.25, -0.2) is 8.78 Å². The van der Waals surface area contributed by atoms with Gasteiger partial charge in [-0.05, 0) is 13.3 Å². The Labute approximate surface area is 149 Å². The second kappa shape index (κ2) is 9.75. The number of ether oxygens (including phenoxy) is 2. The van der Waals surface area contributed by atoms with Crippen LogP contribution in [0.3, 0.4) is 0 Å². The number of rotatable bonds is 10. The van der Waals surface area contributed by atoms with Gasteiger partial charge in [-0.15, -0.1) is 5.92 Å². The fourth-order valence-corrected chi connectivity index (χ4v) is 1.51. The van der Waals surface area contributed by atoms with E-state index in [4.69, 9.17) is 4.74 Å². The van der Waals surface area contributed by atoms with Crippen LogP contribution in [-0.4, -0.2) is 48.8 Å². The fourth-order valence-electron chi connectivity index (χ4n) is 1.51. The van der Waals surface area contributed by atoms with Crippen molar-refractivity contribution in [3.8, 4) is 11.8 Å². The van der Waals surface area contributed by atoms with Crippen LogP contribution in [0.1, 0.15) is 33.1 Å². The first-order chi connectivity index (χ1) is 12.2. The molecule has 0 bridgehead atoms. The summed E-state index contributed by atoms with van der Waals surface area (Å²) < 4.78 is 110. The van der Waals surface area contributed by atoms with Crippen molar-refractivity contribution in [1.29, 1.82) is 0 Å². The Morgan fingerprint density at radius 2 is 1.52 bits per heavy atom. The van der Waals surface area contributed by atoms with Gasteiger partial charge in [0.2, 0.25) is 0 Å². The molecule has 1 atom stereocenters. The summed E-state index contributed by atoms with van der Waals surface area (Å²) in [4.78, 5) is 22.6. The minimum absolute atomic E-state index is 0.316. The number of halogens is 8. The van der Waals surface area contributed by atoms with Gasteiger partial charge in [-0.3, -0.25) is 9.59 Å². The maximum Gasteiger partial charge on any atom is 0.381 e. The van der Waals surface area contributed by atoms with Crippen LogP contribution in [-0.2, 0) is 19.1 Å². The molecule has 0 saturated carbocycles. The lowest BCUT2D eigenvalue weighted by Crippen LogP contribution is -2.59. The van der Waals surface area contributed by atoms with Gasteiger partial charge in [0.25, 0.3) is 0 Å². The molecule has 0 aliphatic heterocycles. The molecule has 0 N–H and O–H groups in total. The Bertz CT molecular complexity index is 580. The van der Waals surface area contributed by atoms with E-state index in [0.717, 1.165) is 0 Å². The summed E-state index contributed by atoms with van der Waals surface area (Å²) in [6, 6.07) is 0.